The Hall–Kier alpha value is -2.57. The number of ether oxygens (including phenoxy) is 1. The molecular formula is C25H30ClN3O3. The molecule has 170 valence electrons. The summed E-state index contributed by atoms with van der Waals surface area (Å²) in [7, 11) is 1.66. The highest BCUT2D eigenvalue weighted by atomic mass is 35.5. The summed E-state index contributed by atoms with van der Waals surface area (Å²) in [5.74, 6) is -0.177. The molecule has 2 fully saturated rings. The number of carbonyl (C=O) groups is 2. The molecule has 2 unspecified atom stereocenters. The highest BCUT2D eigenvalue weighted by Crippen LogP contribution is 2.28. The molecule has 4 rings (SSSR count). The summed E-state index contributed by atoms with van der Waals surface area (Å²) in [6, 6.07) is 15.3. The minimum atomic E-state index is -0.649. The lowest BCUT2D eigenvalue weighted by Gasteiger charge is -2.35. The molecule has 2 aromatic carbocycles. The summed E-state index contributed by atoms with van der Waals surface area (Å²) in [6.45, 7) is 3.04. The predicted octanol–water partition coefficient (Wildman–Crippen LogP) is 4.04. The van der Waals surface area contributed by atoms with Gasteiger partial charge in [0, 0.05) is 23.8 Å². The molecular weight excluding hydrogens is 426 g/mol. The van der Waals surface area contributed by atoms with Gasteiger partial charge in [-0.1, -0.05) is 30.2 Å². The number of carbonyl (C=O) groups excluding carboxylic acids is 2. The van der Waals surface area contributed by atoms with Crippen molar-refractivity contribution in [3.8, 4) is 5.75 Å². The third kappa shape index (κ3) is 5.08. The van der Waals surface area contributed by atoms with Gasteiger partial charge in [-0.3, -0.25) is 14.5 Å². The van der Waals surface area contributed by atoms with Crippen molar-refractivity contribution < 1.29 is 14.3 Å². The maximum absolute atomic E-state index is 13.0. The van der Waals surface area contributed by atoms with Crippen LogP contribution in [0, 0.1) is 5.92 Å². The number of halogens is 1. The lowest BCUT2D eigenvalue weighted by Crippen LogP contribution is -2.43. The molecule has 0 spiro atoms. The zero-order valence-electron chi connectivity index (χ0n) is 18.4. The van der Waals surface area contributed by atoms with E-state index in [1.165, 1.54) is 6.42 Å². The number of anilines is 1. The molecule has 1 N–H and O–H groups in total. The first-order valence-corrected chi connectivity index (χ1v) is 11.7. The fourth-order valence-electron chi connectivity index (χ4n) is 4.63. The minimum Gasteiger partial charge on any atom is -0.497 e. The first kappa shape index (κ1) is 22.6. The van der Waals surface area contributed by atoms with E-state index < -0.39 is 5.92 Å². The predicted molar refractivity (Wildman–Crippen MR) is 126 cm³/mol. The standard InChI is InChI=1S/C25H30ClN3O3/c1-32-21-11-5-18(6-12-21)23(28-14-3-2-4-15-28)17-27-24(30)22-13-16-29(25(22)31)20-9-7-19(26)8-10-20/h5-12,22-23H,2-4,13-17H2,1H3,(H,27,30). The number of nitrogens with one attached hydrogen (secondary N) is 1. The van der Waals surface area contributed by atoms with Gasteiger partial charge in [-0.25, -0.2) is 0 Å². The van der Waals surface area contributed by atoms with Crippen LogP contribution < -0.4 is 15.0 Å². The van der Waals surface area contributed by atoms with Crippen LogP contribution in [0.4, 0.5) is 5.69 Å². The summed E-state index contributed by atoms with van der Waals surface area (Å²) in [6.07, 6.45) is 4.09. The first-order chi connectivity index (χ1) is 15.6. The van der Waals surface area contributed by atoms with Crippen molar-refractivity contribution in [3.63, 3.8) is 0 Å². The fourth-order valence-corrected chi connectivity index (χ4v) is 4.76. The monoisotopic (exact) mass is 455 g/mol. The molecule has 2 amide bonds. The Bertz CT molecular complexity index is 926. The number of benzene rings is 2. The van der Waals surface area contributed by atoms with E-state index in [1.54, 1.807) is 24.1 Å². The van der Waals surface area contributed by atoms with Gasteiger partial charge < -0.3 is 15.0 Å². The van der Waals surface area contributed by atoms with E-state index in [-0.39, 0.29) is 17.9 Å². The average molecular weight is 456 g/mol. The number of likely N-dealkylation sites (tertiary alicyclic amines) is 1. The summed E-state index contributed by atoms with van der Waals surface area (Å²) in [5.41, 5.74) is 1.92. The maximum atomic E-state index is 13.0. The largest absolute Gasteiger partial charge is 0.497 e. The van der Waals surface area contributed by atoms with Gasteiger partial charge in [-0.2, -0.15) is 0 Å². The smallest absolute Gasteiger partial charge is 0.239 e. The summed E-state index contributed by atoms with van der Waals surface area (Å²) < 4.78 is 5.29. The van der Waals surface area contributed by atoms with Gasteiger partial charge in [0.1, 0.15) is 11.7 Å². The zero-order valence-corrected chi connectivity index (χ0v) is 19.2. The van der Waals surface area contributed by atoms with E-state index in [9.17, 15) is 9.59 Å². The van der Waals surface area contributed by atoms with E-state index in [2.05, 4.69) is 22.3 Å². The molecule has 2 aliphatic rings. The van der Waals surface area contributed by atoms with Gasteiger partial charge in [-0.15, -0.1) is 0 Å². The molecule has 2 aliphatic heterocycles. The van der Waals surface area contributed by atoms with Crippen molar-refractivity contribution >= 4 is 29.1 Å². The lowest BCUT2D eigenvalue weighted by atomic mass is 10.0. The molecule has 0 aliphatic carbocycles. The van der Waals surface area contributed by atoms with Crippen molar-refractivity contribution in [2.75, 3.05) is 38.2 Å². The Kier molecular flexibility index (Phi) is 7.33. The average Bonchev–Trinajstić information content (AvgIpc) is 3.22. The van der Waals surface area contributed by atoms with Crippen molar-refractivity contribution in [2.24, 2.45) is 5.92 Å². The van der Waals surface area contributed by atoms with Crippen molar-refractivity contribution in [1.82, 2.24) is 10.2 Å². The second-order valence-electron chi connectivity index (χ2n) is 8.44. The summed E-state index contributed by atoms with van der Waals surface area (Å²) in [5, 5.41) is 3.70. The van der Waals surface area contributed by atoms with Gasteiger partial charge in [-0.05, 0) is 74.3 Å². The molecule has 32 heavy (non-hydrogen) atoms. The molecule has 0 radical (unpaired) electrons. The first-order valence-electron chi connectivity index (χ1n) is 11.3. The quantitative estimate of drug-likeness (QED) is 0.640. The normalized spacial score (nSPS) is 20.2. The van der Waals surface area contributed by atoms with Crippen LogP contribution >= 0.6 is 11.6 Å². The molecule has 0 bridgehead atoms. The maximum Gasteiger partial charge on any atom is 0.239 e. The Balaban J connectivity index is 1.42. The van der Waals surface area contributed by atoms with E-state index >= 15 is 0 Å². The minimum absolute atomic E-state index is 0.0778. The second-order valence-corrected chi connectivity index (χ2v) is 8.87. The van der Waals surface area contributed by atoms with E-state index in [0.717, 1.165) is 42.9 Å². The van der Waals surface area contributed by atoms with Gasteiger partial charge in [0.2, 0.25) is 11.8 Å². The zero-order chi connectivity index (χ0) is 22.5. The van der Waals surface area contributed by atoms with Crippen LogP contribution in [0.15, 0.2) is 48.5 Å². The van der Waals surface area contributed by atoms with Crippen molar-refractivity contribution in [3.05, 3.63) is 59.1 Å². The second kappa shape index (κ2) is 10.4. The molecule has 6 nitrogen and oxygen atoms in total. The summed E-state index contributed by atoms with van der Waals surface area (Å²) >= 11 is 5.96. The lowest BCUT2D eigenvalue weighted by molar-refractivity contribution is -0.132. The number of amides is 2. The Morgan fingerprint density at radius 1 is 1.06 bits per heavy atom. The molecule has 0 aromatic heterocycles. The van der Waals surface area contributed by atoms with Gasteiger partial charge in [0.25, 0.3) is 0 Å². The van der Waals surface area contributed by atoms with Gasteiger partial charge in [0.05, 0.1) is 13.2 Å². The number of rotatable bonds is 7. The SMILES string of the molecule is COc1ccc(C(CNC(=O)C2CCN(c3ccc(Cl)cc3)C2=O)N2CCCCC2)cc1. The van der Waals surface area contributed by atoms with Crippen molar-refractivity contribution in [2.45, 2.75) is 31.7 Å². The molecule has 2 atom stereocenters. The van der Waals surface area contributed by atoms with Crippen molar-refractivity contribution in [1.29, 1.82) is 0 Å². The Morgan fingerprint density at radius 3 is 2.41 bits per heavy atom. The van der Waals surface area contributed by atoms with Crippen LogP contribution in [0.5, 0.6) is 5.75 Å². The molecule has 2 saturated heterocycles. The van der Waals surface area contributed by atoms with E-state index in [0.29, 0.717) is 24.5 Å². The highest BCUT2D eigenvalue weighted by molar-refractivity contribution is 6.30. The molecule has 0 saturated carbocycles. The van der Waals surface area contributed by atoms with Crippen LogP contribution in [-0.4, -0.2) is 50.0 Å². The Morgan fingerprint density at radius 2 is 1.75 bits per heavy atom. The highest BCUT2D eigenvalue weighted by Gasteiger charge is 2.38. The molecule has 2 aromatic rings. The van der Waals surface area contributed by atoms with Crippen LogP contribution in [-0.2, 0) is 9.59 Å². The van der Waals surface area contributed by atoms with Crippen LogP contribution in [0.2, 0.25) is 5.02 Å². The van der Waals surface area contributed by atoms with Gasteiger partial charge >= 0.3 is 0 Å². The molecule has 7 heteroatoms. The van der Waals surface area contributed by atoms with Gasteiger partial charge in [0.15, 0.2) is 0 Å². The molecule has 2 heterocycles. The Labute approximate surface area is 194 Å². The van der Waals surface area contributed by atoms with E-state index in [4.69, 9.17) is 16.3 Å². The number of hydrogen-bond donors (Lipinski definition) is 1. The number of nitrogens with zero attached hydrogens (tertiary/aromatic N) is 2. The fraction of sp³-hybridized carbons (Fsp3) is 0.440. The number of piperidine rings is 1. The summed E-state index contributed by atoms with van der Waals surface area (Å²) in [4.78, 5) is 30.0. The third-order valence-electron chi connectivity index (χ3n) is 6.46. The van der Waals surface area contributed by atoms with E-state index in [1.807, 2.05) is 24.3 Å². The number of methoxy groups -OCH3 is 1. The third-order valence-corrected chi connectivity index (χ3v) is 6.71. The van der Waals surface area contributed by atoms with Crippen LogP contribution in [0.3, 0.4) is 0 Å². The van der Waals surface area contributed by atoms with Crippen LogP contribution in [0.25, 0.3) is 0 Å². The topological polar surface area (TPSA) is 61.9 Å². The van der Waals surface area contributed by atoms with Crippen LogP contribution in [0.1, 0.15) is 37.3 Å². The number of hydrogen-bond acceptors (Lipinski definition) is 4.